The van der Waals surface area contributed by atoms with E-state index in [4.69, 9.17) is 4.74 Å². The molecule has 1 saturated heterocycles. The van der Waals surface area contributed by atoms with E-state index in [1.54, 1.807) is 23.9 Å². The van der Waals surface area contributed by atoms with E-state index in [0.717, 1.165) is 38.8 Å². The van der Waals surface area contributed by atoms with Gasteiger partial charge in [0.05, 0.1) is 6.04 Å². The highest BCUT2D eigenvalue weighted by Crippen LogP contribution is 2.32. The summed E-state index contributed by atoms with van der Waals surface area (Å²) in [6.07, 6.45) is 5.25. The highest BCUT2D eigenvalue weighted by atomic mass is 16.5. The van der Waals surface area contributed by atoms with Crippen molar-refractivity contribution in [3.05, 3.63) is 42.0 Å². The number of hydrogen-bond donors (Lipinski definition) is 1. The molecule has 1 N–H and O–H groups in total. The molecule has 0 bridgehead atoms. The third-order valence-corrected chi connectivity index (χ3v) is 5.56. The van der Waals surface area contributed by atoms with Gasteiger partial charge in [-0.25, -0.2) is 4.98 Å². The Kier molecular flexibility index (Phi) is 5.51. The number of amides is 2. The first kappa shape index (κ1) is 19.4. The predicted octanol–water partition coefficient (Wildman–Crippen LogP) is 2.09. The van der Waals surface area contributed by atoms with E-state index in [-0.39, 0.29) is 24.0 Å². The Morgan fingerprint density at radius 2 is 1.97 bits per heavy atom. The summed E-state index contributed by atoms with van der Waals surface area (Å²) in [6.45, 7) is 3.36. The standard InChI is InChI=1S/C21H27N5O3/c1-14(19-22-13-23-25(19)2)24-20(27)16-4-3-5-18(12-16)29-17-8-10-26(11-9-17)21(28)15-6-7-15/h3-5,12-15,17H,6-11H2,1-2H3,(H,24,27). The van der Waals surface area contributed by atoms with Gasteiger partial charge in [0, 0.05) is 44.5 Å². The maximum Gasteiger partial charge on any atom is 0.251 e. The minimum absolute atomic E-state index is 0.0640. The lowest BCUT2D eigenvalue weighted by Gasteiger charge is -2.32. The van der Waals surface area contributed by atoms with Gasteiger partial charge >= 0.3 is 0 Å². The van der Waals surface area contributed by atoms with Crippen molar-refractivity contribution in [3.8, 4) is 5.75 Å². The smallest absolute Gasteiger partial charge is 0.251 e. The predicted molar refractivity (Wildman–Crippen MR) is 106 cm³/mol. The van der Waals surface area contributed by atoms with Gasteiger partial charge in [-0.15, -0.1) is 0 Å². The lowest BCUT2D eigenvalue weighted by atomic mass is 10.1. The zero-order chi connectivity index (χ0) is 20.4. The Bertz CT molecular complexity index is 884. The fourth-order valence-corrected chi connectivity index (χ4v) is 3.73. The molecule has 2 amide bonds. The second-order valence-corrected chi connectivity index (χ2v) is 7.88. The summed E-state index contributed by atoms with van der Waals surface area (Å²) in [7, 11) is 1.79. The second kappa shape index (κ2) is 8.23. The van der Waals surface area contributed by atoms with Gasteiger partial charge in [-0.3, -0.25) is 14.3 Å². The maximum absolute atomic E-state index is 12.6. The number of piperidine rings is 1. The Hall–Kier alpha value is -2.90. The van der Waals surface area contributed by atoms with Crippen LogP contribution in [0.15, 0.2) is 30.6 Å². The summed E-state index contributed by atoms with van der Waals surface area (Å²) >= 11 is 0. The number of likely N-dealkylation sites (tertiary alicyclic amines) is 1. The van der Waals surface area contributed by atoms with Gasteiger partial charge < -0.3 is 15.0 Å². The van der Waals surface area contributed by atoms with Gasteiger partial charge in [-0.1, -0.05) is 6.07 Å². The number of nitrogens with zero attached hydrogens (tertiary/aromatic N) is 4. The summed E-state index contributed by atoms with van der Waals surface area (Å²) in [5.41, 5.74) is 0.540. The average Bonchev–Trinajstić information content (AvgIpc) is 3.48. The van der Waals surface area contributed by atoms with Crippen LogP contribution >= 0.6 is 0 Å². The largest absolute Gasteiger partial charge is 0.490 e. The summed E-state index contributed by atoms with van der Waals surface area (Å²) in [5, 5.41) is 6.98. The first-order chi connectivity index (χ1) is 14.0. The molecule has 1 aliphatic carbocycles. The van der Waals surface area contributed by atoms with Crippen LogP contribution in [-0.4, -0.2) is 50.7 Å². The number of aromatic nitrogens is 3. The van der Waals surface area contributed by atoms with Crippen molar-refractivity contribution < 1.29 is 14.3 Å². The highest BCUT2D eigenvalue weighted by Gasteiger charge is 2.35. The van der Waals surface area contributed by atoms with Crippen LogP contribution in [0.5, 0.6) is 5.75 Å². The van der Waals surface area contributed by atoms with Gasteiger partial charge in [-0.05, 0) is 38.0 Å². The maximum atomic E-state index is 12.6. The SMILES string of the molecule is CC(NC(=O)c1cccc(OC2CCN(C(=O)C3CC3)CC2)c1)c1ncnn1C. The summed E-state index contributed by atoms with van der Waals surface area (Å²) in [5.74, 6) is 1.76. The molecule has 1 aromatic heterocycles. The van der Waals surface area contributed by atoms with Crippen LogP contribution < -0.4 is 10.1 Å². The first-order valence-electron chi connectivity index (χ1n) is 10.2. The molecule has 0 radical (unpaired) electrons. The summed E-state index contributed by atoms with van der Waals surface area (Å²) in [4.78, 5) is 30.9. The van der Waals surface area contributed by atoms with E-state index in [0.29, 0.717) is 23.0 Å². The van der Waals surface area contributed by atoms with E-state index >= 15 is 0 Å². The molecule has 1 aliphatic heterocycles. The van der Waals surface area contributed by atoms with Crippen molar-refractivity contribution in [2.24, 2.45) is 13.0 Å². The van der Waals surface area contributed by atoms with Crippen molar-refractivity contribution >= 4 is 11.8 Å². The number of nitrogens with one attached hydrogen (secondary N) is 1. The van der Waals surface area contributed by atoms with Crippen molar-refractivity contribution in [1.29, 1.82) is 0 Å². The van der Waals surface area contributed by atoms with Gasteiger partial charge in [0.25, 0.3) is 5.91 Å². The van der Waals surface area contributed by atoms with Gasteiger partial charge in [-0.2, -0.15) is 5.10 Å². The van der Waals surface area contributed by atoms with E-state index in [9.17, 15) is 9.59 Å². The van der Waals surface area contributed by atoms with E-state index in [2.05, 4.69) is 15.4 Å². The molecule has 1 atom stereocenters. The van der Waals surface area contributed by atoms with E-state index < -0.39 is 0 Å². The molecule has 2 aromatic rings. The normalized spacial score (nSPS) is 18.3. The lowest BCUT2D eigenvalue weighted by molar-refractivity contribution is -0.134. The van der Waals surface area contributed by atoms with Crippen LogP contribution in [0.1, 0.15) is 54.8 Å². The van der Waals surface area contributed by atoms with Crippen molar-refractivity contribution in [2.45, 2.75) is 44.8 Å². The fourth-order valence-electron chi connectivity index (χ4n) is 3.73. The molecule has 0 spiro atoms. The molecule has 2 aliphatic rings. The molecule has 154 valence electrons. The summed E-state index contributed by atoms with van der Waals surface area (Å²) < 4.78 is 7.75. The Morgan fingerprint density at radius 3 is 2.62 bits per heavy atom. The number of carbonyl (C=O) groups is 2. The minimum atomic E-state index is -0.257. The second-order valence-electron chi connectivity index (χ2n) is 7.88. The number of hydrogen-bond acceptors (Lipinski definition) is 5. The quantitative estimate of drug-likeness (QED) is 0.806. The van der Waals surface area contributed by atoms with Crippen LogP contribution in [0.2, 0.25) is 0 Å². The monoisotopic (exact) mass is 397 g/mol. The molecule has 29 heavy (non-hydrogen) atoms. The number of rotatable bonds is 6. The minimum Gasteiger partial charge on any atom is -0.490 e. The molecule has 1 saturated carbocycles. The Morgan fingerprint density at radius 1 is 1.21 bits per heavy atom. The number of ether oxygens (including phenoxy) is 1. The molecule has 2 heterocycles. The zero-order valence-electron chi connectivity index (χ0n) is 16.9. The van der Waals surface area contributed by atoms with Crippen LogP contribution in [0.3, 0.4) is 0 Å². The molecule has 2 fully saturated rings. The Labute approximate surface area is 170 Å². The third kappa shape index (κ3) is 4.58. The van der Waals surface area contributed by atoms with Gasteiger partial charge in [0.2, 0.25) is 5.91 Å². The number of carbonyl (C=O) groups excluding carboxylic acids is 2. The highest BCUT2D eigenvalue weighted by molar-refractivity contribution is 5.94. The fraction of sp³-hybridized carbons (Fsp3) is 0.524. The molecule has 1 aromatic carbocycles. The topological polar surface area (TPSA) is 89.3 Å². The van der Waals surface area contributed by atoms with Crippen molar-refractivity contribution in [1.82, 2.24) is 25.0 Å². The van der Waals surface area contributed by atoms with E-state index in [1.807, 2.05) is 24.0 Å². The third-order valence-electron chi connectivity index (χ3n) is 5.56. The number of aryl methyl sites for hydroxylation is 1. The van der Waals surface area contributed by atoms with Crippen molar-refractivity contribution in [2.75, 3.05) is 13.1 Å². The van der Waals surface area contributed by atoms with Crippen LogP contribution in [-0.2, 0) is 11.8 Å². The first-order valence-corrected chi connectivity index (χ1v) is 10.2. The van der Waals surface area contributed by atoms with Crippen LogP contribution in [0, 0.1) is 5.92 Å². The molecular formula is C21H27N5O3. The average molecular weight is 397 g/mol. The summed E-state index contributed by atoms with van der Waals surface area (Å²) in [6, 6.07) is 6.96. The van der Waals surface area contributed by atoms with E-state index in [1.165, 1.54) is 6.33 Å². The number of benzene rings is 1. The zero-order valence-corrected chi connectivity index (χ0v) is 16.9. The van der Waals surface area contributed by atoms with Crippen LogP contribution in [0.4, 0.5) is 0 Å². The Balaban J connectivity index is 1.32. The van der Waals surface area contributed by atoms with Crippen LogP contribution in [0.25, 0.3) is 0 Å². The van der Waals surface area contributed by atoms with Gasteiger partial charge in [0.1, 0.15) is 24.0 Å². The molecule has 8 heteroatoms. The molecule has 4 rings (SSSR count). The van der Waals surface area contributed by atoms with Crippen molar-refractivity contribution in [3.63, 3.8) is 0 Å². The molecule has 1 unspecified atom stereocenters. The molecule has 8 nitrogen and oxygen atoms in total. The molecular weight excluding hydrogens is 370 g/mol. The lowest BCUT2D eigenvalue weighted by Crippen LogP contribution is -2.42. The van der Waals surface area contributed by atoms with Gasteiger partial charge in [0.15, 0.2) is 0 Å².